The number of benzene rings is 1. The van der Waals surface area contributed by atoms with Crippen molar-refractivity contribution < 1.29 is 9.59 Å². The largest absolute Gasteiger partial charge is 0.352 e. The van der Waals surface area contributed by atoms with Crippen molar-refractivity contribution in [3.8, 4) is 0 Å². The zero-order valence-electron chi connectivity index (χ0n) is 14.9. The Labute approximate surface area is 153 Å². The van der Waals surface area contributed by atoms with Crippen LogP contribution in [0.4, 0.5) is 4.79 Å². The molecule has 1 saturated heterocycles. The number of hydrogen-bond donors (Lipinski definition) is 3. The Morgan fingerprint density at radius 3 is 2.72 bits per heavy atom. The third-order valence-corrected chi connectivity index (χ3v) is 5.28. The smallest absolute Gasteiger partial charge is 0.312 e. The molecule has 25 heavy (non-hydrogen) atoms. The van der Waals surface area contributed by atoms with Crippen LogP contribution in [0.25, 0.3) is 0 Å². The number of primary amides is 1. The maximum absolute atomic E-state index is 12.5. The van der Waals surface area contributed by atoms with E-state index in [0.717, 1.165) is 25.3 Å². The van der Waals surface area contributed by atoms with Gasteiger partial charge >= 0.3 is 6.03 Å². The number of likely N-dealkylation sites (tertiary alicyclic amines) is 1. The standard InChI is InChI=1S/C18H28N4O2S/c1-13(14-6-4-3-5-7-14)22-10-8-15(12-22)20-17(23)16(9-11-25-2)21-18(19)24/h3-7,13,15-16H,8-12H2,1-2H3,(H,20,23)(H3,19,21,24). The molecule has 0 bridgehead atoms. The topological polar surface area (TPSA) is 87.5 Å². The molecule has 2 rings (SSSR count). The average molecular weight is 365 g/mol. The molecule has 7 heteroatoms. The van der Waals surface area contributed by atoms with Crippen LogP contribution in [0.3, 0.4) is 0 Å². The molecule has 3 amide bonds. The predicted octanol–water partition coefficient (Wildman–Crippen LogP) is 1.73. The van der Waals surface area contributed by atoms with Crippen LogP contribution in [0, 0.1) is 0 Å². The number of thioether (sulfide) groups is 1. The molecule has 3 atom stereocenters. The molecule has 138 valence electrons. The third-order valence-electron chi connectivity index (χ3n) is 4.64. The molecular weight excluding hydrogens is 336 g/mol. The van der Waals surface area contributed by atoms with Gasteiger partial charge in [0.05, 0.1) is 0 Å². The van der Waals surface area contributed by atoms with Gasteiger partial charge in [-0.05, 0) is 37.3 Å². The van der Waals surface area contributed by atoms with Crippen LogP contribution in [-0.2, 0) is 4.79 Å². The van der Waals surface area contributed by atoms with Crippen LogP contribution in [0.1, 0.15) is 31.4 Å². The van der Waals surface area contributed by atoms with Crippen LogP contribution in [-0.4, -0.2) is 54.0 Å². The third kappa shape index (κ3) is 5.93. The fraction of sp³-hybridized carbons (Fsp3) is 0.556. The van der Waals surface area contributed by atoms with Crippen LogP contribution in [0.15, 0.2) is 30.3 Å². The minimum atomic E-state index is -0.660. The summed E-state index contributed by atoms with van der Waals surface area (Å²) in [6.45, 7) is 3.95. The van der Waals surface area contributed by atoms with Crippen molar-refractivity contribution in [1.82, 2.24) is 15.5 Å². The Kier molecular flexibility index (Phi) is 7.58. The summed E-state index contributed by atoms with van der Waals surface area (Å²) in [4.78, 5) is 26.0. The van der Waals surface area contributed by atoms with Crippen molar-refractivity contribution in [1.29, 1.82) is 0 Å². The molecule has 1 aliphatic rings. The van der Waals surface area contributed by atoms with Gasteiger partial charge < -0.3 is 16.4 Å². The first kappa shape index (κ1) is 19.6. The Bertz CT molecular complexity index is 569. The number of hydrogen-bond acceptors (Lipinski definition) is 4. The second-order valence-electron chi connectivity index (χ2n) is 6.42. The van der Waals surface area contributed by atoms with Crippen molar-refractivity contribution in [2.75, 3.05) is 25.1 Å². The lowest BCUT2D eigenvalue weighted by Gasteiger charge is -2.25. The van der Waals surface area contributed by atoms with Gasteiger partial charge in [-0.2, -0.15) is 11.8 Å². The fourth-order valence-corrected chi connectivity index (χ4v) is 3.65. The highest BCUT2D eigenvalue weighted by atomic mass is 32.2. The van der Waals surface area contributed by atoms with E-state index < -0.39 is 12.1 Å². The molecule has 0 saturated carbocycles. The van der Waals surface area contributed by atoms with Crippen LogP contribution < -0.4 is 16.4 Å². The Morgan fingerprint density at radius 1 is 1.36 bits per heavy atom. The van der Waals surface area contributed by atoms with Gasteiger partial charge in [0.25, 0.3) is 0 Å². The Morgan fingerprint density at radius 2 is 2.08 bits per heavy atom. The number of carbonyl (C=O) groups is 2. The van der Waals surface area contributed by atoms with E-state index in [1.807, 2.05) is 24.5 Å². The number of amides is 3. The minimum Gasteiger partial charge on any atom is -0.352 e. The first-order valence-electron chi connectivity index (χ1n) is 8.65. The van der Waals surface area contributed by atoms with Gasteiger partial charge in [-0.1, -0.05) is 30.3 Å². The van der Waals surface area contributed by atoms with Gasteiger partial charge in [0.2, 0.25) is 5.91 Å². The van der Waals surface area contributed by atoms with E-state index in [0.29, 0.717) is 12.5 Å². The summed E-state index contributed by atoms with van der Waals surface area (Å²) < 4.78 is 0. The van der Waals surface area contributed by atoms with Gasteiger partial charge in [0.1, 0.15) is 6.04 Å². The van der Waals surface area contributed by atoms with E-state index in [1.165, 1.54) is 5.56 Å². The number of nitrogens with two attached hydrogens (primary N) is 1. The maximum Gasteiger partial charge on any atom is 0.312 e. The SMILES string of the molecule is CSCCC(NC(N)=O)C(=O)NC1CCN(C(C)c2ccccc2)C1. The van der Waals surface area contributed by atoms with Crippen molar-refractivity contribution in [3.63, 3.8) is 0 Å². The van der Waals surface area contributed by atoms with Crippen LogP contribution in [0.2, 0.25) is 0 Å². The lowest BCUT2D eigenvalue weighted by Crippen LogP contribution is -2.51. The van der Waals surface area contributed by atoms with E-state index in [-0.39, 0.29) is 11.9 Å². The highest BCUT2D eigenvalue weighted by molar-refractivity contribution is 7.98. The van der Waals surface area contributed by atoms with Crippen LogP contribution >= 0.6 is 11.8 Å². The van der Waals surface area contributed by atoms with Gasteiger partial charge in [-0.15, -0.1) is 0 Å². The molecule has 1 aliphatic heterocycles. The number of nitrogens with one attached hydrogen (secondary N) is 2. The zero-order chi connectivity index (χ0) is 18.2. The summed E-state index contributed by atoms with van der Waals surface area (Å²) in [7, 11) is 0. The van der Waals surface area contributed by atoms with E-state index in [1.54, 1.807) is 11.8 Å². The molecule has 3 unspecified atom stereocenters. The first-order valence-corrected chi connectivity index (χ1v) is 10.0. The molecule has 1 aromatic rings. The monoisotopic (exact) mass is 364 g/mol. The molecule has 1 heterocycles. The highest BCUT2D eigenvalue weighted by Gasteiger charge is 2.29. The Balaban J connectivity index is 1.88. The summed E-state index contributed by atoms with van der Waals surface area (Å²) >= 11 is 1.64. The average Bonchev–Trinajstić information content (AvgIpc) is 3.06. The van der Waals surface area contributed by atoms with E-state index in [9.17, 15) is 9.59 Å². The highest BCUT2D eigenvalue weighted by Crippen LogP contribution is 2.24. The number of urea groups is 1. The van der Waals surface area contributed by atoms with Crippen molar-refractivity contribution in [2.45, 2.75) is 37.9 Å². The zero-order valence-corrected chi connectivity index (χ0v) is 15.7. The number of rotatable bonds is 8. The summed E-state index contributed by atoms with van der Waals surface area (Å²) in [5.41, 5.74) is 6.47. The van der Waals surface area contributed by atoms with E-state index >= 15 is 0 Å². The van der Waals surface area contributed by atoms with Gasteiger partial charge in [0, 0.05) is 25.2 Å². The van der Waals surface area contributed by atoms with Gasteiger partial charge in [-0.3, -0.25) is 9.69 Å². The van der Waals surface area contributed by atoms with Crippen molar-refractivity contribution >= 4 is 23.7 Å². The number of nitrogens with zero attached hydrogens (tertiary/aromatic N) is 1. The van der Waals surface area contributed by atoms with Gasteiger partial charge in [-0.25, -0.2) is 4.79 Å². The lowest BCUT2D eigenvalue weighted by atomic mass is 10.1. The van der Waals surface area contributed by atoms with Crippen molar-refractivity contribution in [3.05, 3.63) is 35.9 Å². The summed E-state index contributed by atoms with van der Waals surface area (Å²) in [6.07, 6.45) is 3.46. The summed E-state index contributed by atoms with van der Waals surface area (Å²) in [6, 6.07) is 9.57. The molecule has 1 fully saturated rings. The van der Waals surface area contributed by atoms with E-state index in [4.69, 9.17) is 5.73 Å². The second-order valence-corrected chi connectivity index (χ2v) is 7.40. The quantitative estimate of drug-likeness (QED) is 0.655. The normalized spacial score (nSPS) is 20.0. The molecule has 6 nitrogen and oxygen atoms in total. The Hall–Kier alpha value is -1.73. The molecule has 1 aromatic carbocycles. The molecular formula is C18H28N4O2S. The molecule has 4 N–H and O–H groups in total. The molecule has 0 aromatic heterocycles. The first-order chi connectivity index (χ1) is 12.0. The minimum absolute atomic E-state index is 0.102. The number of carbonyl (C=O) groups excluding carboxylic acids is 2. The lowest BCUT2D eigenvalue weighted by molar-refractivity contribution is -0.123. The summed E-state index contributed by atoms with van der Waals surface area (Å²) in [5.74, 6) is 0.646. The van der Waals surface area contributed by atoms with E-state index in [2.05, 4.69) is 34.6 Å². The van der Waals surface area contributed by atoms with Crippen LogP contribution in [0.5, 0.6) is 0 Å². The molecule has 0 spiro atoms. The van der Waals surface area contributed by atoms with Gasteiger partial charge in [0.15, 0.2) is 0 Å². The molecule has 0 radical (unpaired) electrons. The fourth-order valence-electron chi connectivity index (χ4n) is 3.18. The van der Waals surface area contributed by atoms with Crippen molar-refractivity contribution in [2.24, 2.45) is 5.73 Å². The summed E-state index contributed by atoms with van der Waals surface area (Å²) in [5, 5.41) is 5.62. The predicted molar refractivity (Wildman–Crippen MR) is 102 cm³/mol. The maximum atomic E-state index is 12.5. The second kappa shape index (κ2) is 9.68. The molecule has 0 aliphatic carbocycles.